The predicted molar refractivity (Wildman–Crippen MR) is 87.1 cm³/mol. The highest BCUT2D eigenvalue weighted by molar-refractivity contribution is 7.15. The van der Waals surface area contributed by atoms with Gasteiger partial charge in [-0.05, 0) is 37.8 Å². The molecule has 1 aromatic heterocycles. The third kappa shape index (κ3) is 3.42. The molecule has 1 aromatic carbocycles. The number of aromatic nitrogens is 1. The summed E-state index contributed by atoms with van der Waals surface area (Å²) in [5.74, 6) is 0.000975. The number of benzene rings is 1. The van der Waals surface area contributed by atoms with Crippen LogP contribution in [0.5, 0.6) is 0 Å². The molecule has 0 bridgehead atoms. The van der Waals surface area contributed by atoms with E-state index in [0.717, 1.165) is 24.3 Å². The summed E-state index contributed by atoms with van der Waals surface area (Å²) >= 11 is 1.51. The van der Waals surface area contributed by atoms with E-state index in [0.29, 0.717) is 11.7 Å². The molecule has 2 heterocycles. The summed E-state index contributed by atoms with van der Waals surface area (Å²) in [6, 6.07) is 8.39. The lowest BCUT2D eigenvalue weighted by molar-refractivity contribution is -0.115. The molecule has 0 unspecified atom stereocenters. The third-order valence-electron chi connectivity index (χ3n) is 3.66. The van der Waals surface area contributed by atoms with Crippen LogP contribution in [0.4, 0.5) is 10.8 Å². The van der Waals surface area contributed by atoms with Crippen LogP contribution in [0.15, 0.2) is 30.5 Å². The Bertz CT molecular complexity index is 638. The number of carbonyl (C=O) groups excluding carboxylic acids is 1. The van der Waals surface area contributed by atoms with Crippen molar-refractivity contribution in [3.63, 3.8) is 0 Å². The third-order valence-corrected chi connectivity index (χ3v) is 4.49. The molecule has 1 N–H and O–H groups in total. The number of anilines is 2. The van der Waals surface area contributed by atoms with Crippen molar-refractivity contribution >= 4 is 28.1 Å². The number of rotatable bonds is 3. The zero-order chi connectivity index (χ0) is 14.7. The Balaban J connectivity index is 1.70. The molecular weight excluding hydrogens is 282 g/mol. The molecule has 3 rings (SSSR count). The number of aryl methyl sites for hydroxylation is 2. The number of nitrogens with zero attached hydrogens (tertiary/aromatic N) is 2. The molecular formula is C16H19N3OS. The van der Waals surface area contributed by atoms with E-state index in [-0.39, 0.29) is 5.91 Å². The van der Waals surface area contributed by atoms with E-state index in [2.05, 4.69) is 33.4 Å². The van der Waals surface area contributed by atoms with Gasteiger partial charge in [0.25, 0.3) is 0 Å². The Morgan fingerprint density at radius 1 is 1.38 bits per heavy atom. The number of thiazole rings is 1. The Hall–Kier alpha value is -1.88. The summed E-state index contributed by atoms with van der Waals surface area (Å²) in [6.45, 7) is 3.30. The van der Waals surface area contributed by atoms with Crippen LogP contribution >= 0.6 is 11.3 Å². The van der Waals surface area contributed by atoms with Gasteiger partial charge >= 0.3 is 0 Å². The number of nitrogens with one attached hydrogen (secondary N) is 1. The zero-order valence-electron chi connectivity index (χ0n) is 12.1. The SMILES string of the molecule is Cc1cnc(NC(=O)CN2CCCCc3ccccc32)s1. The molecule has 0 spiro atoms. The molecule has 1 amide bonds. The molecule has 2 aromatic rings. The van der Waals surface area contributed by atoms with Gasteiger partial charge in [-0.2, -0.15) is 0 Å². The normalized spacial score (nSPS) is 14.4. The van der Waals surface area contributed by atoms with Crippen molar-refractivity contribution in [2.75, 3.05) is 23.3 Å². The minimum atomic E-state index is 0.000975. The van der Waals surface area contributed by atoms with Gasteiger partial charge in [0.2, 0.25) is 5.91 Å². The summed E-state index contributed by atoms with van der Waals surface area (Å²) in [7, 11) is 0. The van der Waals surface area contributed by atoms with Gasteiger partial charge in [-0.15, -0.1) is 11.3 Å². The van der Waals surface area contributed by atoms with E-state index in [4.69, 9.17) is 0 Å². The fourth-order valence-electron chi connectivity index (χ4n) is 2.68. The van der Waals surface area contributed by atoms with Gasteiger partial charge in [0.1, 0.15) is 0 Å². The lowest BCUT2D eigenvalue weighted by Gasteiger charge is -2.24. The minimum Gasteiger partial charge on any atom is -0.362 e. The molecule has 5 heteroatoms. The van der Waals surface area contributed by atoms with Gasteiger partial charge in [-0.25, -0.2) is 4.98 Å². The fourth-order valence-corrected chi connectivity index (χ4v) is 3.36. The highest BCUT2D eigenvalue weighted by atomic mass is 32.1. The minimum absolute atomic E-state index is 0.000975. The van der Waals surface area contributed by atoms with Crippen LogP contribution in [0.1, 0.15) is 23.3 Å². The van der Waals surface area contributed by atoms with Gasteiger partial charge < -0.3 is 10.2 Å². The van der Waals surface area contributed by atoms with Crippen molar-refractivity contribution in [2.24, 2.45) is 0 Å². The lowest BCUT2D eigenvalue weighted by Crippen LogP contribution is -2.33. The van der Waals surface area contributed by atoms with Gasteiger partial charge in [0, 0.05) is 23.3 Å². The van der Waals surface area contributed by atoms with Crippen LogP contribution in [-0.4, -0.2) is 24.0 Å². The van der Waals surface area contributed by atoms with Crippen molar-refractivity contribution < 1.29 is 4.79 Å². The summed E-state index contributed by atoms with van der Waals surface area (Å²) in [6.07, 6.45) is 5.18. The van der Waals surface area contributed by atoms with E-state index >= 15 is 0 Å². The second kappa shape index (κ2) is 6.26. The molecule has 110 valence electrons. The predicted octanol–water partition coefficient (Wildman–Crippen LogP) is 3.23. The van der Waals surface area contributed by atoms with Crippen molar-refractivity contribution in [1.29, 1.82) is 0 Å². The van der Waals surface area contributed by atoms with E-state index < -0.39 is 0 Å². The van der Waals surface area contributed by atoms with E-state index in [1.54, 1.807) is 6.20 Å². The van der Waals surface area contributed by atoms with Gasteiger partial charge in [0.15, 0.2) is 5.13 Å². The van der Waals surface area contributed by atoms with Crippen LogP contribution in [-0.2, 0) is 11.2 Å². The molecule has 0 atom stereocenters. The molecule has 0 radical (unpaired) electrons. The summed E-state index contributed by atoms with van der Waals surface area (Å²) in [4.78, 5) is 19.7. The monoisotopic (exact) mass is 301 g/mol. The maximum Gasteiger partial charge on any atom is 0.245 e. The zero-order valence-corrected chi connectivity index (χ0v) is 12.9. The number of amides is 1. The number of hydrogen-bond acceptors (Lipinski definition) is 4. The molecule has 0 saturated heterocycles. The molecule has 1 aliphatic rings. The molecule has 0 saturated carbocycles. The van der Waals surface area contributed by atoms with Crippen LogP contribution in [0, 0.1) is 6.92 Å². The van der Waals surface area contributed by atoms with Gasteiger partial charge in [-0.3, -0.25) is 4.79 Å². The van der Waals surface area contributed by atoms with Crippen molar-refractivity contribution in [1.82, 2.24) is 4.98 Å². The second-order valence-corrected chi connectivity index (χ2v) is 6.57. The first-order valence-corrected chi connectivity index (χ1v) is 8.09. The number of carbonyl (C=O) groups is 1. The molecule has 4 nitrogen and oxygen atoms in total. The number of fused-ring (bicyclic) bond motifs is 1. The van der Waals surface area contributed by atoms with Crippen molar-refractivity contribution in [3.05, 3.63) is 40.9 Å². The van der Waals surface area contributed by atoms with E-state index in [1.165, 1.54) is 29.0 Å². The Morgan fingerprint density at radius 3 is 3.05 bits per heavy atom. The Kier molecular flexibility index (Phi) is 4.20. The highest BCUT2D eigenvalue weighted by Gasteiger charge is 2.17. The van der Waals surface area contributed by atoms with E-state index in [1.807, 2.05) is 13.0 Å². The largest absolute Gasteiger partial charge is 0.362 e. The molecule has 1 aliphatic heterocycles. The van der Waals surface area contributed by atoms with Crippen molar-refractivity contribution in [2.45, 2.75) is 26.2 Å². The second-order valence-electron chi connectivity index (χ2n) is 5.33. The fraction of sp³-hybridized carbons (Fsp3) is 0.375. The maximum absolute atomic E-state index is 12.2. The summed E-state index contributed by atoms with van der Waals surface area (Å²) in [5.41, 5.74) is 2.54. The molecule has 21 heavy (non-hydrogen) atoms. The van der Waals surface area contributed by atoms with Gasteiger partial charge in [0.05, 0.1) is 6.54 Å². The van der Waals surface area contributed by atoms with Crippen LogP contribution in [0.2, 0.25) is 0 Å². The highest BCUT2D eigenvalue weighted by Crippen LogP contribution is 2.26. The average Bonchev–Trinajstić information content (AvgIpc) is 2.77. The first-order valence-electron chi connectivity index (χ1n) is 7.27. The standard InChI is InChI=1S/C16H19N3OS/c1-12-10-17-16(21-12)18-15(20)11-19-9-5-4-7-13-6-2-3-8-14(13)19/h2-3,6,8,10H,4-5,7,9,11H2,1H3,(H,17,18,20). The number of hydrogen-bond donors (Lipinski definition) is 1. The van der Waals surface area contributed by atoms with Crippen LogP contribution in [0.3, 0.4) is 0 Å². The van der Waals surface area contributed by atoms with Gasteiger partial charge in [-0.1, -0.05) is 18.2 Å². The Labute approximate surface area is 128 Å². The first kappa shape index (κ1) is 14.1. The van der Waals surface area contributed by atoms with Crippen molar-refractivity contribution in [3.8, 4) is 0 Å². The number of para-hydroxylation sites is 1. The smallest absolute Gasteiger partial charge is 0.245 e. The van der Waals surface area contributed by atoms with E-state index in [9.17, 15) is 4.79 Å². The quantitative estimate of drug-likeness (QED) is 0.946. The maximum atomic E-state index is 12.2. The average molecular weight is 301 g/mol. The first-order chi connectivity index (χ1) is 10.2. The van der Waals surface area contributed by atoms with Crippen LogP contribution < -0.4 is 10.2 Å². The molecule has 0 fully saturated rings. The Morgan fingerprint density at radius 2 is 2.24 bits per heavy atom. The van der Waals surface area contributed by atoms with Crippen LogP contribution in [0.25, 0.3) is 0 Å². The summed E-state index contributed by atoms with van der Waals surface area (Å²) < 4.78 is 0. The summed E-state index contributed by atoms with van der Waals surface area (Å²) in [5, 5.41) is 3.57. The lowest BCUT2D eigenvalue weighted by atomic mass is 10.1. The topological polar surface area (TPSA) is 45.2 Å². The molecule has 0 aliphatic carbocycles.